The van der Waals surface area contributed by atoms with Crippen molar-refractivity contribution in [2.24, 2.45) is 0 Å². The Hall–Kier alpha value is -1.65. The Labute approximate surface area is 123 Å². The normalized spacial score (nSPS) is 11.2. The second-order valence-electron chi connectivity index (χ2n) is 4.96. The summed E-state index contributed by atoms with van der Waals surface area (Å²) in [5.41, 5.74) is 2.47. The van der Waals surface area contributed by atoms with E-state index in [1.54, 1.807) is 11.3 Å². The maximum Gasteiger partial charge on any atom is 0.0897 e. The monoisotopic (exact) mass is 285 g/mol. The highest BCUT2D eigenvalue weighted by Crippen LogP contribution is 2.15. The number of hydrogen-bond donors (Lipinski definition) is 1. The van der Waals surface area contributed by atoms with Crippen LogP contribution < -0.4 is 5.32 Å². The van der Waals surface area contributed by atoms with Crippen molar-refractivity contribution in [3.05, 3.63) is 52.6 Å². The minimum Gasteiger partial charge on any atom is -0.347 e. The number of rotatable bonds is 6. The minimum atomic E-state index is 0.872. The lowest BCUT2D eigenvalue weighted by Gasteiger charge is -2.06. The fraction of sp³-hybridized carbons (Fsp3) is 0.312. The molecule has 0 saturated carbocycles. The first-order chi connectivity index (χ1) is 9.83. The zero-order valence-electron chi connectivity index (χ0n) is 11.7. The third-order valence-corrected chi connectivity index (χ3v) is 4.23. The number of para-hydroxylation sites is 1. The number of aryl methyl sites for hydroxylation is 2. The summed E-state index contributed by atoms with van der Waals surface area (Å²) in [4.78, 5) is 4.45. The molecule has 0 atom stereocenters. The van der Waals surface area contributed by atoms with Crippen LogP contribution in [0.1, 0.15) is 17.1 Å². The summed E-state index contributed by atoms with van der Waals surface area (Å²) in [6, 6.07) is 10.7. The molecule has 3 aromatic rings. The predicted octanol–water partition coefficient (Wildman–Crippen LogP) is 3.59. The van der Waals surface area contributed by atoms with E-state index in [9.17, 15) is 0 Å². The molecular formula is C16H19N3S. The lowest BCUT2D eigenvalue weighted by molar-refractivity contribution is 0.587. The van der Waals surface area contributed by atoms with Gasteiger partial charge in [0.1, 0.15) is 0 Å². The molecule has 0 unspecified atom stereocenters. The van der Waals surface area contributed by atoms with Gasteiger partial charge in [0.2, 0.25) is 0 Å². The number of benzene rings is 1. The molecule has 0 saturated heterocycles. The Balaban J connectivity index is 1.46. The SMILES string of the molecule is Cc1nc(CNCCCn2ccc3ccccc32)cs1. The molecule has 0 radical (unpaired) electrons. The van der Waals surface area contributed by atoms with E-state index in [1.165, 1.54) is 10.9 Å². The molecule has 3 rings (SSSR count). The van der Waals surface area contributed by atoms with Crippen molar-refractivity contribution >= 4 is 22.2 Å². The Bertz CT molecular complexity index is 684. The fourth-order valence-corrected chi connectivity index (χ4v) is 3.03. The van der Waals surface area contributed by atoms with E-state index in [2.05, 4.69) is 56.8 Å². The summed E-state index contributed by atoms with van der Waals surface area (Å²) in [7, 11) is 0. The lowest BCUT2D eigenvalue weighted by Crippen LogP contribution is -2.16. The van der Waals surface area contributed by atoms with Gasteiger partial charge in [0.25, 0.3) is 0 Å². The van der Waals surface area contributed by atoms with Crippen molar-refractivity contribution in [1.82, 2.24) is 14.9 Å². The highest BCUT2D eigenvalue weighted by molar-refractivity contribution is 7.09. The molecule has 0 aliphatic rings. The zero-order chi connectivity index (χ0) is 13.8. The molecular weight excluding hydrogens is 266 g/mol. The van der Waals surface area contributed by atoms with Crippen LogP contribution in [0.4, 0.5) is 0 Å². The van der Waals surface area contributed by atoms with Crippen LogP contribution >= 0.6 is 11.3 Å². The highest BCUT2D eigenvalue weighted by atomic mass is 32.1. The minimum absolute atomic E-state index is 0.872. The van der Waals surface area contributed by atoms with E-state index in [0.29, 0.717) is 0 Å². The second kappa shape index (κ2) is 6.20. The van der Waals surface area contributed by atoms with Crippen LogP contribution in [-0.4, -0.2) is 16.1 Å². The molecule has 1 aromatic carbocycles. The number of aromatic nitrogens is 2. The van der Waals surface area contributed by atoms with Crippen LogP contribution in [0.3, 0.4) is 0 Å². The molecule has 3 nitrogen and oxygen atoms in total. The molecule has 4 heteroatoms. The number of nitrogens with one attached hydrogen (secondary N) is 1. The van der Waals surface area contributed by atoms with Gasteiger partial charge in [0.05, 0.1) is 10.7 Å². The third kappa shape index (κ3) is 3.08. The Morgan fingerprint density at radius 2 is 2.15 bits per heavy atom. The summed E-state index contributed by atoms with van der Waals surface area (Å²) >= 11 is 1.71. The average Bonchev–Trinajstić information content (AvgIpc) is 3.05. The van der Waals surface area contributed by atoms with Crippen molar-refractivity contribution in [1.29, 1.82) is 0 Å². The molecule has 2 aromatic heterocycles. The van der Waals surface area contributed by atoms with Crippen LogP contribution in [0.5, 0.6) is 0 Å². The predicted molar refractivity (Wildman–Crippen MR) is 85.1 cm³/mol. The molecule has 104 valence electrons. The summed E-state index contributed by atoms with van der Waals surface area (Å²) < 4.78 is 2.32. The largest absolute Gasteiger partial charge is 0.347 e. The highest BCUT2D eigenvalue weighted by Gasteiger charge is 2.00. The van der Waals surface area contributed by atoms with Gasteiger partial charge < -0.3 is 9.88 Å². The molecule has 0 aliphatic heterocycles. The fourth-order valence-electron chi connectivity index (χ4n) is 2.42. The average molecular weight is 285 g/mol. The summed E-state index contributed by atoms with van der Waals surface area (Å²) in [5, 5.41) is 8.04. The quantitative estimate of drug-likeness (QED) is 0.701. The van der Waals surface area contributed by atoms with Gasteiger partial charge in [-0.2, -0.15) is 0 Å². The second-order valence-corrected chi connectivity index (χ2v) is 6.02. The molecule has 0 fully saturated rings. The van der Waals surface area contributed by atoms with Crippen LogP contribution in [-0.2, 0) is 13.1 Å². The molecule has 2 heterocycles. The molecule has 0 aliphatic carbocycles. The Kier molecular flexibility index (Phi) is 4.14. The van der Waals surface area contributed by atoms with Gasteiger partial charge in [-0.05, 0) is 37.4 Å². The first-order valence-corrected chi connectivity index (χ1v) is 7.86. The van der Waals surface area contributed by atoms with Crippen LogP contribution in [0.15, 0.2) is 41.9 Å². The first kappa shape index (κ1) is 13.3. The summed E-state index contributed by atoms with van der Waals surface area (Å²) in [6.45, 7) is 4.99. The molecule has 1 N–H and O–H groups in total. The number of fused-ring (bicyclic) bond motifs is 1. The summed E-state index contributed by atoms with van der Waals surface area (Å²) in [5.74, 6) is 0. The van der Waals surface area contributed by atoms with Crippen molar-refractivity contribution in [3.8, 4) is 0 Å². The van der Waals surface area contributed by atoms with Crippen molar-refractivity contribution in [2.45, 2.75) is 26.4 Å². The van der Waals surface area contributed by atoms with Gasteiger partial charge in [-0.15, -0.1) is 11.3 Å². The molecule has 0 bridgehead atoms. The van der Waals surface area contributed by atoms with Crippen LogP contribution in [0, 0.1) is 6.92 Å². The van der Waals surface area contributed by atoms with Crippen LogP contribution in [0.2, 0.25) is 0 Å². The lowest BCUT2D eigenvalue weighted by atomic mass is 10.2. The van der Waals surface area contributed by atoms with E-state index < -0.39 is 0 Å². The number of thiazole rings is 1. The van der Waals surface area contributed by atoms with Gasteiger partial charge in [-0.1, -0.05) is 18.2 Å². The van der Waals surface area contributed by atoms with Gasteiger partial charge in [0, 0.05) is 30.2 Å². The number of nitrogens with zero attached hydrogens (tertiary/aromatic N) is 2. The standard InChI is InChI=1S/C16H19N3S/c1-13-18-15(12-20-13)11-17-8-4-9-19-10-7-14-5-2-3-6-16(14)19/h2-3,5-7,10,12,17H,4,8-9,11H2,1H3. The topological polar surface area (TPSA) is 29.9 Å². The van der Waals surface area contributed by atoms with Crippen LogP contribution in [0.25, 0.3) is 10.9 Å². The van der Waals surface area contributed by atoms with Gasteiger partial charge in [-0.25, -0.2) is 4.98 Å². The van der Waals surface area contributed by atoms with E-state index >= 15 is 0 Å². The van der Waals surface area contributed by atoms with Crippen molar-refractivity contribution in [3.63, 3.8) is 0 Å². The molecule has 20 heavy (non-hydrogen) atoms. The van der Waals surface area contributed by atoms with Gasteiger partial charge in [-0.3, -0.25) is 0 Å². The van der Waals surface area contributed by atoms with E-state index in [-0.39, 0.29) is 0 Å². The number of hydrogen-bond acceptors (Lipinski definition) is 3. The van der Waals surface area contributed by atoms with Crippen molar-refractivity contribution < 1.29 is 0 Å². The third-order valence-electron chi connectivity index (χ3n) is 3.41. The van der Waals surface area contributed by atoms with E-state index in [0.717, 1.165) is 36.8 Å². The van der Waals surface area contributed by atoms with E-state index in [1.807, 2.05) is 6.92 Å². The van der Waals surface area contributed by atoms with Crippen molar-refractivity contribution in [2.75, 3.05) is 6.54 Å². The summed E-state index contributed by atoms with van der Waals surface area (Å²) in [6.07, 6.45) is 3.30. The van der Waals surface area contributed by atoms with Gasteiger partial charge >= 0.3 is 0 Å². The molecule has 0 amide bonds. The van der Waals surface area contributed by atoms with E-state index in [4.69, 9.17) is 0 Å². The molecule has 0 spiro atoms. The van der Waals surface area contributed by atoms with Gasteiger partial charge in [0.15, 0.2) is 0 Å². The Morgan fingerprint density at radius 1 is 1.25 bits per heavy atom. The Morgan fingerprint density at radius 3 is 3.00 bits per heavy atom. The smallest absolute Gasteiger partial charge is 0.0897 e. The maximum absolute atomic E-state index is 4.45. The maximum atomic E-state index is 4.45. The first-order valence-electron chi connectivity index (χ1n) is 6.98. The zero-order valence-corrected chi connectivity index (χ0v) is 12.5.